The average Bonchev–Trinajstić information content (AvgIpc) is 3.26. The first-order valence-corrected chi connectivity index (χ1v) is 9.85. The summed E-state index contributed by atoms with van der Waals surface area (Å²) >= 11 is 1.64. The number of nitrogens with two attached hydrogens (primary N) is 1. The minimum absolute atomic E-state index is 0.0384. The van der Waals surface area contributed by atoms with E-state index in [1.54, 1.807) is 16.2 Å². The normalized spacial score (nSPS) is 24.6. The van der Waals surface area contributed by atoms with Gasteiger partial charge in [-0.2, -0.15) is 0 Å². The second-order valence-corrected chi connectivity index (χ2v) is 7.94. The maximum absolute atomic E-state index is 13.6. The highest BCUT2D eigenvalue weighted by molar-refractivity contribution is 7.09. The van der Waals surface area contributed by atoms with Crippen molar-refractivity contribution in [3.8, 4) is 0 Å². The lowest BCUT2D eigenvalue weighted by atomic mass is 9.71. The third kappa shape index (κ3) is 2.76. The molecule has 1 amide bonds. The molecule has 130 valence electrons. The van der Waals surface area contributed by atoms with Crippen LogP contribution in [0.1, 0.15) is 42.5 Å². The fourth-order valence-corrected chi connectivity index (χ4v) is 4.90. The summed E-state index contributed by atoms with van der Waals surface area (Å²) in [6.07, 6.45) is 5.63. The lowest BCUT2D eigenvalue weighted by Crippen LogP contribution is -2.46. The Labute approximate surface area is 152 Å². The molecular weight excluding hydrogens is 330 g/mol. The molecule has 4 rings (SSSR count). The van der Waals surface area contributed by atoms with Gasteiger partial charge in [0, 0.05) is 4.88 Å². The van der Waals surface area contributed by atoms with E-state index in [1.165, 1.54) is 6.42 Å². The van der Waals surface area contributed by atoms with E-state index in [9.17, 15) is 4.79 Å². The van der Waals surface area contributed by atoms with Crippen molar-refractivity contribution in [1.82, 2.24) is 4.90 Å². The van der Waals surface area contributed by atoms with Gasteiger partial charge in [-0.3, -0.25) is 9.69 Å². The van der Waals surface area contributed by atoms with E-state index in [0.717, 1.165) is 36.1 Å². The van der Waals surface area contributed by atoms with Crippen molar-refractivity contribution >= 4 is 23.2 Å². The molecule has 0 radical (unpaired) electrons. The van der Waals surface area contributed by atoms with E-state index in [4.69, 9.17) is 10.7 Å². The third-order valence-electron chi connectivity index (χ3n) is 5.44. The molecule has 1 fully saturated rings. The zero-order chi connectivity index (χ0) is 17.3. The maximum atomic E-state index is 13.6. The molecule has 2 aliphatic rings. The van der Waals surface area contributed by atoms with E-state index in [1.807, 2.05) is 47.8 Å². The third-order valence-corrected chi connectivity index (χ3v) is 6.30. The van der Waals surface area contributed by atoms with E-state index < -0.39 is 5.54 Å². The van der Waals surface area contributed by atoms with Gasteiger partial charge < -0.3 is 5.73 Å². The Bertz CT molecular complexity index is 766. The summed E-state index contributed by atoms with van der Waals surface area (Å²) in [6.45, 7) is 0.507. The number of hydrogen-bond acceptors (Lipinski definition) is 4. The van der Waals surface area contributed by atoms with E-state index in [0.29, 0.717) is 12.5 Å². The summed E-state index contributed by atoms with van der Waals surface area (Å²) in [5.74, 6) is 0.618. The SMILES string of the molecule is NC1=NC(c2ccccc2)(C2CCCCC2)C(=O)N1Cc1cccs1. The molecule has 25 heavy (non-hydrogen) atoms. The van der Waals surface area contributed by atoms with E-state index in [-0.39, 0.29) is 11.8 Å². The second-order valence-electron chi connectivity index (χ2n) is 6.91. The number of rotatable bonds is 4. The summed E-state index contributed by atoms with van der Waals surface area (Å²) in [6, 6.07) is 14.0. The molecule has 1 aliphatic carbocycles. The topological polar surface area (TPSA) is 58.7 Å². The Kier molecular flexibility index (Phi) is 4.34. The highest BCUT2D eigenvalue weighted by atomic mass is 32.1. The summed E-state index contributed by atoms with van der Waals surface area (Å²) in [5.41, 5.74) is 6.40. The second kappa shape index (κ2) is 6.64. The van der Waals surface area contributed by atoms with Crippen LogP contribution in [0.5, 0.6) is 0 Å². The summed E-state index contributed by atoms with van der Waals surface area (Å²) in [7, 11) is 0. The van der Waals surface area contributed by atoms with Crippen LogP contribution < -0.4 is 5.73 Å². The lowest BCUT2D eigenvalue weighted by Gasteiger charge is -2.36. The van der Waals surface area contributed by atoms with Crippen molar-refractivity contribution in [3.63, 3.8) is 0 Å². The minimum Gasteiger partial charge on any atom is -0.369 e. The molecule has 1 atom stereocenters. The summed E-state index contributed by atoms with van der Waals surface area (Å²) in [4.78, 5) is 21.2. The molecule has 1 unspecified atom stereocenters. The largest absolute Gasteiger partial charge is 0.369 e. The molecule has 1 aromatic carbocycles. The molecular formula is C20H23N3OS. The van der Waals surface area contributed by atoms with Gasteiger partial charge >= 0.3 is 0 Å². The van der Waals surface area contributed by atoms with Crippen LogP contribution in [0.25, 0.3) is 0 Å². The van der Waals surface area contributed by atoms with E-state index >= 15 is 0 Å². The van der Waals surface area contributed by atoms with Gasteiger partial charge in [0.15, 0.2) is 11.5 Å². The Morgan fingerprint density at radius 2 is 1.88 bits per heavy atom. The Hall–Kier alpha value is -2.14. The van der Waals surface area contributed by atoms with Crippen molar-refractivity contribution in [2.75, 3.05) is 0 Å². The molecule has 1 aliphatic heterocycles. The van der Waals surface area contributed by atoms with Gasteiger partial charge in [0.25, 0.3) is 5.91 Å². The van der Waals surface area contributed by atoms with Crippen LogP contribution in [0.3, 0.4) is 0 Å². The first-order chi connectivity index (χ1) is 12.2. The van der Waals surface area contributed by atoms with Crippen LogP contribution in [0.15, 0.2) is 52.8 Å². The molecule has 0 spiro atoms. The molecule has 0 bridgehead atoms. The van der Waals surface area contributed by atoms with Crippen LogP contribution >= 0.6 is 11.3 Å². The number of carbonyl (C=O) groups is 1. The first kappa shape index (κ1) is 16.3. The number of aliphatic imine (C=N–C) groups is 1. The van der Waals surface area contributed by atoms with Gasteiger partial charge in [0.2, 0.25) is 0 Å². The van der Waals surface area contributed by atoms with E-state index in [2.05, 4.69) is 0 Å². The van der Waals surface area contributed by atoms with Gasteiger partial charge in [0.1, 0.15) is 0 Å². The Balaban J connectivity index is 1.75. The molecule has 1 aromatic heterocycles. The zero-order valence-corrected chi connectivity index (χ0v) is 15.0. The number of guanidine groups is 1. The highest BCUT2D eigenvalue weighted by Gasteiger charge is 2.54. The first-order valence-electron chi connectivity index (χ1n) is 8.97. The molecule has 0 saturated heterocycles. The van der Waals surface area contributed by atoms with Crippen molar-refractivity contribution in [2.24, 2.45) is 16.6 Å². The molecule has 5 heteroatoms. The quantitative estimate of drug-likeness (QED) is 0.907. The van der Waals surface area contributed by atoms with Crippen LogP contribution in [0.2, 0.25) is 0 Å². The molecule has 2 N–H and O–H groups in total. The zero-order valence-electron chi connectivity index (χ0n) is 14.2. The van der Waals surface area contributed by atoms with Crippen molar-refractivity contribution < 1.29 is 4.79 Å². The number of nitrogens with zero attached hydrogens (tertiary/aromatic N) is 2. The minimum atomic E-state index is -0.844. The number of carbonyl (C=O) groups excluding carboxylic acids is 1. The smallest absolute Gasteiger partial charge is 0.262 e. The van der Waals surface area contributed by atoms with Gasteiger partial charge in [0.05, 0.1) is 6.54 Å². The van der Waals surface area contributed by atoms with Crippen molar-refractivity contribution in [2.45, 2.75) is 44.2 Å². The summed E-state index contributed by atoms with van der Waals surface area (Å²) < 4.78 is 0. The fraction of sp³-hybridized carbons (Fsp3) is 0.400. The molecule has 1 saturated carbocycles. The van der Waals surface area contributed by atoms with Crippen LogP contribution in [0, 0.1) is 5.92 Å². The molecule has 4 nitrogen and oxygen atoms in total. The van der Waals surface area contributed by atoms with Crippen molar-refractivity contribution in [1.29, 1.82) is 0 Å². The molecule has 2 heterocycles. The number of benzene rings is 1. The fourth-order valence-electron chi connectivity index (χ4n) is 4.21. The van der Waals surface area contributed by atoms with Gasteiger partial charge in [-0.15, -0.1) is 11.3 Å². The monoisotopic (exact) mass is 353 g/mol. The number of hydrogen-bond donors (Lipinski definition) is 1. The Morgan fingerprint density at radius 1 is 1.12 bits per heavy atom. The number of thiophene rings is 1. The predicted octanol–water partition coefficient (Wildman–Crippen LogP) is 3.88. The maximum Gasteiger partial charge on any atom is 0.262 e. The van der Waals surface area contributed by atoms with Gasteiger partial charge in [-0.05, 0) is 35.8 Å². The standard InChI is InChI=1S/C20H23N3OS/c21-19-22-20(15-8-3-1-4-9-15,16-10-5-2-6-11-16)18(24)23(19)14-17-12-7-13-25-17/h1,3-4,7-9,12-13,16H,2,5-6,10-11,14H2,(H2,21,22). The lowest BCUT2D eigenvalue weighted by molar-refractivity contribution is -0.134. The molecule has 2 aromatic rings. The average molecular weight is 353 g/mol. The van der Waals surface area contributed by atoms with Crippen molar-refractivity contribution in [3.05, 3.63) is 58.3 Å². The predicted molar refractivity (Wildman–Crippen MR) is 101 cm³/mol. The van der Waals surface area contributed by atoms with Gasteiger partial charge in [-0.25, -0.2) is 4.99 Å². The van der Waals surface area contributed by atoms with Gasteiger partial charge in [-0.1, -0.05) is 55.7 Å². The van der Waals surface area contributed by atoms with Crippen LogP contribution in [0.4, 0.5) is 0 Å². The Morgan fingerprint density at radius 3 is 2.56 bits per heavy atom. The summed E-state index contributed by atoms with van der Waals surface area (Å²) in [5, 5.41) is 2.02. The number of amides is 1. The highest BCUT2D eigenvalue weighted by Crippen LogP contribution is 2.46. The van der Waals surface area contributed by atoms with Crippen LogP contribution in [-0.2, 0) is 16.9 Å². The van der Waals surface area contributed by atoms with Crippen LogP contribution in [-0.4, -0.2) is 16.8 Å².